The van der Waals surface area contributed by atoms with E-state index in [-0.39, 0.29) is 17.4 Å². The third-order valence-electron chi connectivity index (χ3n) is 4.58. The van der Waals surface area contributed by atoms with Crippen LogP contribution in [-0.4, -0.2) is 16.0 Å². The fraction of sp³-hybridized carbons (Fsp3) is 0.0833. The van der Waals surface area contributed by atoms with Crippen molar-refractivity contribution >= 4 is 5.91 Å². The number of carbonyl (C=O) groups is 1. The molecule has 144 valence electrons. The summed E-state index contributed by atoms with van der Waals surface area (Å²) < 4.78 is 18.5. The molecule has 0 aliphatic rings. The first-order chi connectivity index (χ1) is 14.2. The Hall–Kier alpha value is -3.73. The van der Waals surface area contributed by atoms with Crippen LogP contribution in [-0.2, 0) is 13.1 Å². The van der Waals surface area contributed by atoms with Crippen LogP contribution in [0.4, 0.5) is 4.39 Å². The van der Waals surface area contributed by atoms with Gasteiger partial charge in [0.05, 0.1) is 0 Å². The van der Waals surface area contributed by atoms with Gasteiger partial charge in [-0.05, 0) is 35.4 Å². The molecule has 4 aromatic rings. The van der Waals surface area contributed by atoms with Crippen LogP contribution >= 0.6 is 0 Å². The van der Waals surface area contributed by atoms with E-state index in [1.165, 1.54) is 12.1 Å². The molecule has 1 aromatic heterocycles. The second-order valence-corrected chi connectivity index (χ2v) is 6.72. The average molecular weight is 386 g/mol. The number of benzene rings is 3. The summed E-state index contributed by atoms with van der Waals surface area (Å²) >= 11 is 0. The quantitative estimate of drug-likeness (QED) is 0.450. The molecule has 0 atom stereocenters. The maximum Gasteiger partial charge on any atom is 0.276 e. The van der Waals surface area contributed by atoms with E-state index in [0.29, 0.717) is 24.4 Å². The van der Waals surface area contributed by atoms with Crippen molar-refractivity contribution < 1.29 is 13.7 Å². The molecule has 0 radical (unpaired) electrons. The number of rotatable bonds is 6. The zero-order valence-electron chi connectivity index (χ0n) is 15.7. The van der Waals surface area contributed by atoms with Gasteiger partial charge >= 0.3 is 0 Å². The van der Waals surface area contributed by atoms with Gasteiger partial charge < -0.3 is 9.42 Å². The first-order valence-electron chi connectivity index (χ1n) is 9.29. The Labute approximate surface area is 168 Å². The monoisotopic (exact) mass is 386 g/mol. The highest BCUT2D eigenvalue weighted by molar-refractivity contribution is 5.93. The molecule has 1 heterocycles. The lowest BCUT2D eigenvalue weighted by atomic mass is 10.1. The van der Waals surface area contributed by atoms with E-state index in [1.807, 2.05) is 60.7 Å². The standard InChI is InChI=1S/C24H19FN2O2/c25-21-13-11-20(12-14-21)23-15-22(26-29-23)24(28)27(16-18-7-3-1-4-8-18)17-19-9-5-2-6-10-19/h1-15H,16-17H2. The van der Waals surface area contributed by atoms with Crippen LogP contribution in [0, 0.1) is 5.82 Å². The van der Waals surface area contributed by atoms with Gasteiger partial charge in [0.2, 0.25) is 0 Å². The first-order valence-corrected chi connectivity index (χ1v) is 9.29. The first kappa shape index (κ1) is 18.6. The molecule has 5 heteroatoms. The molecule has 0 N–H and O–H groups in total. The third-order valence-corrected chi connectivity index (χ3v) is 4.58. The molecule has 0 bridgehead atoms. The number of carbonyl (C=O) groups excluding carboxylic acids is 1. The van der Waals surface area contributed by atoms with Crippen LogP contribution in [0.2, 0.25) is 0 Å². The van der Waals surface area contributed by atoms with Gasteiger partial charge in [-0.3, -0.25) is 4.79 Å². The minimum Gasteiger partial charge on any atom is -0.355 e. The van der Waals surface area contributed by atoms with Crippen LogP contribution in [0.3, 0.4) is 0 Å². The molecule has 3 aromatic carbocycles. The zero-order chi connectivity index (χ0) is 20.1. The molecule has 0 spiro atoms. The number of nitrogens with zero attached hydrogens (tertiary/aromatic N) is 2. The molecule has 0 unspecified atom stereocenters. The predicted molar refractivity (Wildman–Crippen MR) is 108 cm³/mol. The number of hydrogen-bond acceptors (Lipinski definition) is 3. The number of aromatic nitrogens is 1. The van der Waals surface area contributed by atoms with Crippen LogP contribution in [0.5, 0.6) is 0 Å². The summed E-state index contributed by atoms with van der Waals surface area (Å²) in [6, 6.07) is 27.1. The van der Waals surface area contributed by atoms with Gasteiger partial charge in [-0.15, -0.1) is 0 Å². The summed E-state index contributed by atoms with van der Waals surface area (Å²) in [4.78, 5) is 14.9. The predicted octanol–water partition coefficient (Wildman–Crippen LogP) is 5.32. The van der Waals surface area contributed by atoms with Gasteiger partial charge in [0.25, 0.3) is 5.91 Å². The van der Waals surface area contributed by atoms with E-state index in [0.717, 1.165) is 11.1 Å². The summed E-state index contributed by atoms with van der Waals surface area (Å²) in [6.45, 7) is 0.903. The van der Waals surface area contributed by atoms with Crippen molar-refractivity contribution in [1.82, 2.24) is 10.1 Å². The van der Waals surface area contributed by atoms with Crippen LogP contribution < -0.4 is 0 Å². The molecular formula is C24H19FN2O2. The van der Waals surface area contributed by atoms with Gasteiger partial charge in [-0.2, -0.15) is 0 Å². The van der Waals surface area contributed by atoms with Crippen molar-refractivity contribution in [3.05, 3.63) is 114 Å². The molecule has 0 aliphatic heterocycles. The van der Waals surface area contributed by atoms with Gasteiger partial charge in [0, 0.05) is 24.7 Å². The summed E-state index contributed by atoms with van der Waals surface area (Å²) in [5.74, 6) is -0.135. The van der Waals surface area contributed by atoms with Crippen molar-refractivity contribution in [2.24, 2.45) is 0 Å². The molecule has 4 nitrogen and oxygen atoms in total. The van der Waals surface area contributed by atoms with E-state index in [1.54, 1.807) is 23.1 Å². The molecule has 0 saturated heterocycles. The number of amides is 1. The van der Waals surface area contributed by atoms with Crippen molar-refractivity contribution in [3.63, 3.8) is 0 Å². The highest BCUT2D eigenvalue weighted by Gasteiger charge is 2.21. The maximum atomic E-state index is 13.2. The Balaban J connectivity index is 1.59. The SMILES string of the molecule is O=C(c1cc(-c2ccc(F)cc2)on1)N(Cc1ccccc1)Cc1ccccc1. The van der Waals surface area contributed by atoms with Crippen molar-refractivity contribution in [2.45, 2.75) is 13.1 Å². The fourth-order valence-electron chi connectivity index (χ4n) is 3.10. The van der Waals surface area contributed by atoms with E-state index in [9.17, 15) is 9.18 Å². The largest absolute Gasteiger partial charge is 0.355 e. The molecule has 29 heavy (non-hydrogen) atoms. The second kappa shape index (κ2) is 8.52. The molecule has 0 aliphatic carbocycles. The van der Waals surface area contributed by atoms with Crippen LogP contribution in [0.1, 0.15) is 21.6 Å². The van der Waals surface area contributed by atoms with Crippen molar-refractivity contribution in [3.8, 4) is 11.3 Å². The Kier molecular flexibility index (Phi) is 5.47. The lowest BCUT2D eigenvalue weighted by Crippen LogP contribution is -2.30. The fourth-order valence-corrected chi connectivity index (χ4v) is 3.10. The minimum absolute atomic E-state index is 0.219. The molecule has 4 rings (SSSR count). The Morgan fingerprint density at radius 1 is 0.828 bits per heavy atom. The van der Waals surface area contributed by atoms with Crippen LogP contribution in [0.15, 0.2) is 95.5 Å². The Bertz CT molecular complexity index is 1040. The van der Waals surface area contributed by atoms with E-state index in [2.05, 4.69) is 5.16 Å². The summed E-state index contributed by atoms with van der Waals surface area (Å²) in [5, 5.41) is 3.96. The van der Waals surface area contributed by atoms with E-state index < -0.39 is 0 Å². The highest BCUT2D eigenvalue weighted by Crippen LogP contribution is 2.22. The summed E-state index contributed by atoms with van der Waals surface area (Å²) in [7, 11) is 0. The van der Waals surface area contributed by atoms with Crippen molar-refractivity contribution in [1.29, 1.82) is 0 Å². The van der Waals surface area contributed by atoms with Gasteiger partial charge in [-0.25, -0.2) is 4.39 Å². The minimum atomic E-state index is -0.332. The zero-order valence-corrected chi connectivity index (χ0v) is 15.7. The molecular weight excluding hydrogens is 367 g/mol. The summed E-state index contributed by atoms with van der Waals surface area (Å²) in [6.07, 6.45) is 0. The second-order valence-electron chi connectivity index (χ2n) is 6.72. The Morgan fingerprint density at radius 2 is 1.38 bits per heavy atom. The van der Waals surface area contributed by atoms with Crippen molar-refractivity contribution in [2.75, 3.05) is 0 Å². The normalized spacial score (nSPS) is 10.7. The average Bonchev–Trinajstić information content (AvgIpc) is 3.25. The number of halogens is 1. The van der Waals surface area contributed by atoms with Gasteiger partial charge in [0.1, 0.15) is 5.82 Å². The third kappa shape index (κ3) is 4.58. The lowest BCUT2D eigenvalue weighted by Gasteiger charge is -2.22. The topological polar surface area (TPSA) is 46.3 Å². The van der Waals surface area contributed by atoms with Gasteiger partial charge in [-0.1, -0.05) is 65.8 Å². The maximum absolute atomic E-state index is 13.2. The summed E-state index contributed by atoms with van der Waals surface area (Å²) in [5.41, 5.74) is 2.94. The van der Waals surface area contributed by atoms with Gasteiger partial charge in [0.15, 0.2) is 11.5 Å². The molecule has 0 fully saturated rings. The number of hydrogen-bond donors (Lipinski definition) is 0. The molecule has 0 saturated carbocycles. The van der Waals surface area contributed by atoms with E-state index in [4.69, 9.17) is 4.52 Å². The van der Waals surface area contributed by atoms with Crippen LogP contribution in [0.25, 0.3) is 11.3 Å². The van der Waals surface area contributed by atoms with E-state index >= 15 is 0 Å². The molecule has 1 amide bonds. The smallest absolute Gasteiger partial charge is 0.276 e. The highest BCUT2D eigenvalue weighted by atomic mass is 19.1. The lowest BCUT2D eigenvalue weighted by molar-refractivity contribution is 0.0719. The Morgan fingerprint density at radius 3 is 1.93 bits per heavy atom.